The summed E-state index contributed by atoms with van der Waals surface area (Å²) in [6.45, 7) is 4.10. The Hall–Kier alpha value is -3.50. The summed E-state index contributed by atoms with van der Waals surface area (Å²) >= 11 is 0. The van der Waals surface area contributed by atoms with Crippen LogP contribution >= 0.6 is 0 Å². The third-order valence-electron chi connectivity index (χ3n) is 5.54. The number of hydrogen-bond donors (Lipinski definition) is 3. The Labute approximate surface area is 197 Å². The van der Waals surface area contributed by atoms with E-state index < -0.39 is 17.7 Å². The molecular formula is C24H29FN4O5. The van der Waals surface area contributed by atoms with Gasteiger partial charge in [-0.1, -0.05) is 0 Å². The van der Waals surface area contributed by atoms with E-state index in [0.717, 1.165) is 12.1 Å². The van der Waals surface area contributed by atoms with Gasteiger partial charge in [-0.3, -0.25) is 14.5 Å². The summed E-state index contributed by atoms with van der Waals surface area (Å²) in [6, 6.07) is 9.84. The fourth-order valence-corrected chi connectivity index (χ4v) is 3.68. The maximum Gasteiger partial charge on any atom is 0.337 e. The number of amides is 2. The first-order chi connectivity index (χ1) is 16.4. The largest absolute Gasteiger partial charge is 0.478 e. The van der Waals surface area contributed by atoms with Crippen molar-refractivity contribution >= 4 is 29.2 Å². The smallest absolute Gasteiger partial charge is 0.337 e. The molecular weight excluding hydrogens is 443 g/mol. The third kappa shape index (κ3) is 7.00. The highest BCUT2D eigenvalue weighted by atomic mass is 19.1. The molecule has 10 heteroatoms. The summed E-state index contributed by atoms with van der Waals surface area (Å²) in [5.41, 5.74) is 1.07. The average molecular weight is 473 g/mol. The summed E-state index contributed by atoms with van der Waals surface area (Å²) in [5, 5.41) is 15.1. The van der Waals surface area contributed by atoms with Crippen LogP contribution in [0.3, 0.4) is 0 Å². The first-order valence-electron chi connectivity index (χ1n) is 11.0. The van der Waals surface area contributed by atoms with Crippen molar-refractivity contribution in [2.24, 2.45) is 0 Å². The molecule has 3 N–H and O–H groups in total. The first kappa shape index (κ1) is 25.1. The van der Waals surface area contributed by atoms with E-state index in [1.807, 2.05) is 4.90 Å². The average Bonchev–Trinajstić information content (AvgIpc) is 2.83. The highest BCUT2D eigenvalue weighted by Gasteiger charge is 2.21. The number of halogens is 1. The van der Waals surface area contributed by atoms with Crippen LogP contribution in [0.25, 0.3) is 0 Å². The molecule has 1 saturated heterocycles. The topological polar surface area (TPSA) is 111 Å². The van der Waals surface area contributed by atoms with Gasteiger partial charge in [-0.2, -0.15) is 0 Å². The molecule has 0 aromatic heterocycles. The second-order valence-corrected chi connectivity index (χ2v) is 7.96. The van der Waals surface area contributed by atoms with Gasteiger partial charge >= 0.3 is 5.97 Å². The van der Waals surface area contributed by atoms with Crippen LogP contribution in [0.4, 0.5) is 15.8 Å². The van der Waals surface area contributed by atoms with Crippen LogP contribution in [0.2, 0.25) is 0 Å². The van der Waals surface area contributed by atoms with E-state index in [-0.39, 0.29) is 22.7 Å². The molecule has 0 saturated carbocycles. The number of hydrogen-bond acceptors (Lipinski definition) is 6. The molecule has 0 atom stereocenters. The second kappa shape index (κ2) is 12.1. The Balaban J connectivity index is 1.58. The van der Waals surface area contributed by atoms with Gasteiger partial charge < -0.3 is 25.4 Å². The number of anilines is 2. The highest BCUT2D eigenvalue weighted by Crippen LogP contribution is 2.25. The van der Waals surface area contributed by atoms with E-state index in [4.69, 9.17) is 4.74 Å². The van der Waals surface area contributed by atoms with E-state index in [9.17, 15) is 23.9 Å². The number of rotatable bonds is 10. The zero-order valence-electron chi connectivity index (χ0n) is 19.1. The molecule has 1 aliphatic rings. The number of carbonyl (C=O) groups excluding carboxylic acids is 2. The number of carboxylic acid groups (broad SMARTS) is 1. The maximum atomic E-state index is 13.1. The highest BCUT2D eigenvalue weighted by molar-refractivity contribution is 6.08. The molecule has 3 rings (SSSR count). The number of ether oxygens (including phenoxy) is 1. The van der Waals surface area contributed by atoms with Crippen molar-refractivity contribution in [3.8, 4) is 0 Å². The fraction of sp³-hybridized carbons (Fsp3) is 0.375. The van der Waals surface area contributed by atoms with Crippen molar-refractivity contribution in [3.05, 3.63) is 59.4 Å². The fourth-order valence-electron chi connectivity index (χ4n) is 3.68. The first-order valence-corrected chi connectivity index (χ1v) is 11.0. The molecule has 0 radical (unpaired) electrons. The Morgan fingerprint density at radius 2 is 1.76 bits per heavy atom. The molecule has 0 unspecified atom stereocenters. The monoisotopic (exact) mass is 472 g/mol. The zero-order chi connectivity index (χ0) is 24.5. The van der Waals surface area contributed by atoms with Crippen molar-refractivity contribution in [1.82, 2.24) is 10.2 Å². The molecule has 9 nitrogen and oxygen atoms in total. The minimum Gasteiger partial charge on any atom is -0.478 e. The van der Waals surface area contributed by atoms with Gasteiger partial charge in [0, 0.05) is 57.7 Å². The van der Waals surface area contributed by atoms with Crippen LogP contribution in [0, 0.1) is 5.82 Å². The number of carboxylic acids is 1. The minimum atomic E-state index is -1.17. The molecule has 2 aromatic rings. The molecule has 0 spiro atoms. The molecule has 0 aliphatic carbocycles. The van der Waals surface area contributed by atoms with Crippen molar-refractivity contribution in [3.63, 3.8) is 0 Å². The van der Waals surface area contributed by atoms with Gasteiger partial charge in [-0.25, -0.2) is 9.18 Å². The number of nitrogens with zero attached hydrogens (tertiary/aromatic N) is 2. The van der Waals surface area contributed by atoms with Crippen LogP contribution in [0.15, 0.2) is 42.5 Å². The Morgan fingerprint density at radius 1 is 1.06 bits per heavy atom. The standard InChI is InChI=1S/C24H29FN4O5/c1-34-14-2-9-26-22(30)16-28-10-12-29(13-11-28)19-7-8-21(20(15-19)24(32)33)27-23(31)17-3-5-18(25)6-4-17/h3-8,15H,2,9-14,16H2,1H3,(H,26,30)(H,27,31)(H,32,33). The SMILES string of the molecule is COCCCNC(=O)CN1CCN(c2ccc(NC(=O)c3ccc(F)cc3)c(C(=O)O)c2)CC1. The molecule has 1 fully saturated rings. The van der Waals surface area contributed by atoms with Gasteiger partial charge in [0.1, 0.15) is 5.82 Å². The Morgan fingerprint density at radius 3 is 2.41 bits per heavy atom. The van der Waals surface area contributed by atoms with E-state index in [1.54, 1.807) is 19.2 Å². The molecule has 1 heterocycles. The number of nitrogens with one attached hydrogen (secondary N) is 2. The van der Waals surface area contributed by atoms with Gasteiger partial charge in [0.2, 0.25) is 5.91 Å². The predicted octanol–water partition coefficient (Wildman–Crippen LogP) is 2.05. The normalized spacial score (nSPS) is 14.0. The molecule has 0 bridgehead atoms. The molecule has 182 valence electrons. The van der Waals surface area contributed by atoms with E-state index >= 15 is 0 Å². The quantitative estimate of drug-likeness (QED) is 0.454. The van der Waals surface area contributed by atoms with E-state index in [2.05, 4.69) is 15.5 Å². The molecule has 2 aromatic carbocycles. The summed E-state index contributed by atoms with van der Waals surface area (Å²) < 4.78 is 18.1. The van der Waals surface area contributed by atoms with Crippen molar-refractivity contribution in [1.29, 1.82) is 0 Å². The lowest BCUT2D eigenvalue weighted by molar-refractivity contribution is -0.122. The number of piperazine rings is 1. The predicted molar refractivity (Wildman–Crippen MR) is 126 cm³/mol. The Kier molecular flexibility index (Phi) is 8.94. The van der Waals surface area contributed by atoms with E-state index in [0.29, 0.717) is 45.9 Å². The summed E-state index contributed by atoms with van der Waals surface area (Å²) in [7, 11) is 1.62. The van der Waals surface area contributed by atoms with Gasteiger partial charge in [0.25, 0.3) is 5.91 Å². The van der Waals surface area contributed by atoms with Crippen LogP contribution in [0.5, 0.6) is 0 Å². The van der Waals surface area contributed by atoms with Crippen LogP contribution in [-0.4, -0.2) is 80.8 Å². The summed E-state index contributed by atoms with van der Waals surface area (Å²) in [6.07, 6.45) is 0.766. The molecule has 2 amide bonds. The summed E-state index contributed by atoms with van der Waals surface area (Å²) in [5.74, 6) is -2.18. The van der Waals surface area contributed by atoms with E-state index in [1.165, 1.54) is 30.3 Å². The van der Waals surface area contributed by atoms with Gasteiger partial charge in [-0.15, -0.1) is 0 Å². The van der Waals surface area contributed by atoms with Gasteiger partial charge in [-0.05, 0) is 48.9 Å². The minimum absolute atomic E-state index is 0.0287. The molecule has 1 aliphatic heterocycles. The Bertz CT molecular complexity index is 1010. The van der Waals surface area contributed by atoms with Gasteiger partial charge in [0.15, 0.2) is 0 Å². The van der Waals surface area contributed by atoms with Crippen molar-refractivity contribution in [2.45, 2.75) is 6.42 Å². The second-order valence-electron chi connectivity index (χ2n) is 7.96. The molecule has 34 heavy (non-hydrogen) atoms. The van der Waals surface area contributed by atoms with Crippen LogP contribution in [-0.2, 0) is 9.53 Å². The lowest BCUT2D eigenvalue weighted by atomic mass is 10.1. The van der Waals surface area contributed by atoms with Gasteiger partial charge in [0.05, 0.1) is 17.8 Å². The van der Waals surface area contributed by atoms with Crippen LogP contribution < -0.4 is 15.5 Å². The number of aromatic carboxylic acids is 1. The third-order valence-corrected chi connectivity index (χ3v) is 5.54. The van der Waals surface area contributed by atoms with Crippen molar-refractivity contribution in [2.75, 3.05) is 63.2 Å². The maximum absolute atomic E-state index is 13.1. The van der Waals surface area contributed by atoms with Crippen LogP contribution in [0.1, 0.15) is 27.1 Å². The zero-order valence-corrected chi connectivity index (χ0v) is 19.1. The lowest BCUT2D eigenvalue weighted by Gasteiger charge is -2.36. The van der Waals surface area contributed by atoms with Crippen molar-refractivity contribution < 1.29 is 28.6 Å². The number of benzene rings is 2. The summed E-state index contributed by atoms with van der Waals surface area (Å²) in [4.78, 5) is 40.4. The number of methoxy groups -OCH3 is 1. The lowest BCUT2D eigenvalue weighted by Crippen LogP contribution is -2.49. The number of carbonyl (C=O) groups is 3.